The molecule has 0 atom stereocenters. The van der Waals surface area contributed by atoms with E-state index in [9.17, 15) is 4.39 Å². The second-order valence-corrected chi connectivity index (χ2v) is 5.01. The first-order valence-electron chi connectivity index (χ1n) is 6.76. The minimum absolute atomic E-state index is 0.207. The molecule has 0 bridgehead atoms. The van der Waals surface area contributed by atoms with Gasteiger partial charge in [-0.2, -0.15) is 5.10 Å². The third-order valence-corrected chi connectivity index (χ3v) is 3.14. The highest BCUT2D eigenvalue weighted by atomic mass is 19.1. The number of likely N-dealkylation sites (N-methyl/N-ethyl adjacent to an activating group) is 2. The normalized spacial score (nSPS) is 11.2. The van der Waals surface area contributed by atoms with Gasteiger partial charge in [0, 0.05) is 31.4 Å². The summed E-state index contributed by atoms with van der Waals surface area (Å²) in [6.45, 7) is 3.52. The lowest BCUT2D eigenvalue weighted by molar-refractivity contribution is 0.328. The predicted molar refractivity (Wildman–Crippen MR) is 78.0 cm³/mol. The summed E-state index contributed by atoms with van der Waals surface area (Å²) in [6.07, 6.45) is 3.93. The Morgan fingerprint density at radius 3 is 2.70 bits per heavy atom. The third-order valence-electron chi connectivity index (χ3n) is 3.14. The molecule has 4 nitrogen and oxygen atoms in total. The van der Waals surface area contributed by atoms with Crippen molar-refractivity contribution >= 4 is 0 Å². The molecule has 0 aliphatic rings. The van der Waals surface area contributed by atoms with Crippen LogP contribution in [0.25, 0.3) is 0 Å². The second kappa shape index (κ2) is 7.17. The average molecular weight is 276 g/mol. The van der Waals surface area contributed by atoms with E-state index in [-0.39, 0.29) is 5.82 Å². The molecule has 1 N–H and O–H groups in total. The van der Waals surface area contributed by atoms with Crippen LogP contribution in [0.3, 0.4) is 0 Å². The van der Waals surface area contributed by atoms with Gasteiger partial charge in [0.05, 0.1) is 12.7 Å². The molecule has 2 aromatic rings. The Morgan fingerprint density at radius 1 is 1.25 bits per heavy atom. The first-order chi connectivity index (χ1) is 9.67. The molecular formula is C15H21FN4. The van der Waals surface area contributed by atoms with Crippen molar-refractivity contribution in [2.45, 2.75) is 13.1 Å². The van der Waals surface area contributed by atoms with E-state index < -0.39 is 0 Å². The van der Waals surface area contributed by atoms with Crippen LogP contribution in [0.2, 0.25) is 0 Å². The fraction of sp³-hybridized carbons (Fsp3) is 0.400. The number of nitrogens with one attached hydrogen (secondary N) is 1. The lowest BCUT2D eigenvalue weighted by Crippen LogP contribution is -2.26. The van der Waals surface area contributed by atoms with Crippen molar-refractivity contribution in [3.05, 3.63) is 53.6 Å². The molecule has 1 aromatic heterocycles. The minimum atomic E-state index is -0.207. The van der Waals surface area contributed by atoms with Crippen molar-refractivity contribution in [1.82, 2.24) is 20.0 Å². The van der Waals surface area contributed by atoms with Gasteiger partial charge in [0.25, 0.3) is 0 Å². The Kier molecular flexibility index (Phi) is 5.26. The Balaban J connectivity index is 1.90. The van der Waals surface area contributed by atoms with Crippen molar-refractivity contribution in [3.63, 3.8) is 0 Å². The van der Waals surface area contributed by atoms with Crippen LogP contribution in [0.4, 0.5) is 4.39 Å². The molecule has 1 heterocycles. The molecule has 5 heteroatoms. The Morgan fingerprint density at radius 2 is 2.00 bits per heavy atom. The number of halogens is 1. The lowest BCUT2D eigenvalue weighted by Gasteiger charge is -2.14. The minimum Gasteiger partial charge on any atom is -0.318 e. The molecule has 0 fully saturated rings. The van der Waals surface area contributed by atoms with E-state index in [1.165, 1.54) is 17.7 Å². The zero-order chi connectivity index (χ0) is 14.4. The zero-order valence-electron chi connectivity index (χ0n) is 12.0. The number of hydrogen-bond donors (Lipinski definition) is 1. The summed E-state index contributed by atoms with van der Waals surface area (Å²) in [5.74, 6) is -0.207. The molecule has 0 aliphatic heterocycles. The summed E-state index contributed by atoms with van der Waals surface area (Å²) in [6, 6.07) is 6.53. The van der Waals surface area contributed by atoms with Gasteiger partial charge in [-0.15, -0.1) is 0 Å². The fourth-order valence-electron chi connectivity index (χ4n) is 2.04. The van der Waals surface area contributed by atoms with Crippen molar-refractivity contribution in [2.24, 2.45) is 0 Å². The molecule has 0 radical (unpaired) electrons. The van der Waals surface area contributed by atoms with E-state index in [2.05, 4.69) is 22.4 Å². The van der Waals surface area contributed by atoms with Gasteiger partial charge < -0.3 is 10.2 Å². The van der Waals surface area contributed by atoms with Crippen molar-refractivity contribution < 1.29 is 4.39 Å². The molecule has 20 heavy (non-hydrogen) atoms. The molecule has 0 amide bonds. The summed E-state index contributed by atoms with van der Waals surface area (Å²) in [4.78, 5) is 2.25. The van der Waals surface area contributed by atoms with Gasteiger partial charge in [-0.3, -0.25) is 4.68 Å². The smallest absolute Gasteiger partial charge is 0.123 e. The SMILES string of the molecule is CNCCN(C)Cc1cnn(Cc2ccc(F)cc2)c1. The second-order valence-electron chi connectivity index (χ2n) is 5.01. The van der Waals surface area contributed by atoms with Gasteiger partial charge in [-0.1, -0.05) is 12.1 Å². The Labute approximate surface area is 119 Å². The van der Waals surface area contributed by atoms with Gasteiger partial charge in [0.15, 0.2) is 0 Å². The van der Waals surface area contributed by atoms with Crippen LogP contribution in [0.5, 0.6) is 0 Å². The third kappa shape index (κ3) is 4.43. The molecule has 0 saturated carbocycles. The van der Waals surface area contributed by atoms with Gasteiger partial charge in [0.2, 0.25) is 0 Å². The molecule has 0 saturated heterocycles. The van der Waals surface area contributed by atoms with Crippen LogP contribution in [0, 0.1) is 5.82 Å². The molecule has 108 valence electrons. The number of hydrogen-bond acceptors (Lipinski definition) is 3. The van der Waals surface area contributed by atoms with Crippen molar-refractivity contribution in [3.8, 4) is 0 Å². The van der Waals surface area contributed by atoms with Gasteiger partial charge in [-0.25, -0.2) is 4.39 Å². The standard InChI is InChI=1S/C15H21FN4/c1-17-7-8-19(2)10-14-9-18-20(12-14)11-13-3-5-15(16)6-4-13/h3-6,9,12,17H,7-8,10-11H2,1-2H3. The van der Waals surface area contributed by atoms with E-state index in [1.54, 1.807) is 12.1 Å². The monoisotopic (exact) mass is 276 g/mol. The number of nitrogens with zero attached hydrogens (tertiary/aromatic N) is 3. The Bertz CT molecular complexity index is 521. The van der Waals surface area contributed by atoms with E-state index in [1.807, 2.05) is 24.1 Å². The molecule has 2 rings (SSSR count). The number of aromatic nitrogens is 2. The summed E-state index contributed by atoms with van der Waals surface area (Å²) in [5.41, 5.74) is 2.23. The van der Waals surface area contributed by atoms with Gasteiger partial charge in [-0.05, 0) is 31.8 Å². The van der Waals surface area contributed by atoms with Crippen LogP contribution >= 0.6 is 0 Å². The molecule has 1 aromatic carbocycles. The summed E-state index contributed by atoms with van der Waals surface area (Å²) < 4.78 is 14.7. The quantitative estimate of drug-likeness (QED) is 0.836. The molecule has 0 spiro atoms. The van der Waals surface area contributed by atoms with Crippen molar-refractivity contribution in [1.29, 1.82) is 0 Å². The predicted octanol–water partition coefficient (Wildman–Crippen LogP) is 1.72. The molecule has 0 aliphatic carbocycles. The summed E-state index contributed by atoms with van der Waals surface area (Å²) in [7, 11) is 4.04. The Hall–Kier alpha value is -1.72. The largest absolute Gasteiger partial charge is 0.318 e. The van der Waals surface area contributed by atoms with Gasteiger partial charge in [0.1, 0.15) is 5.82 Å². The molecule has 0 unspecified atom stereocenters. The highest BCUT2D eigenvalue weighted by Crippen LogP contribution is 2.07. The summed E-state index contributed by atoms with van der Waals surface area (Å²) in [5, 5.41) is 7.48. The van der Waals surface area contributed by atoms with Crippen LogP contribution in [-0.4, -0.2) is 41.9 Å². The van der Waals surface area contributed by atoms with Crippen LogP contribution < -0.4 is 5.32 Å². The maximum Gasteiger partial charge on any atom is 0.123 e. The molecular weight excluding hydrogens is 255 g/mol. The average Bonchev–Trinajstić information content (AvgIpc) is 2.86. The first kappa shape index (κ1) is 14.7. The number of benzene rings is 1. The lowest BCUT2D eigenvalue weighted by atomic mass is 10.2. The first-order valence-corrected chi connectivity index (χ1v) is 6.76. The summed E-state index contributed by atoms with van der Waals surface area (Å²) >= 11 is 0. The highest BCUT2D eigenvalue weighted by molar-refractivity contribution is 5.16. The van der Waals surface area contributed by atoms with E-state index in [4.69, 9.17) is 0 Å². The van der Waals surface area contributed by atoms with Gasteiger partial charge >= 0.3 is 0 Å². The van der Waals surface area contributed by atoms with E-state index in [0.717, 1.165) is 25.2 Å². The number of rotatable bonds is 7. The fourth-order valence-corrected chi connectivity index (χ4v) is 2.04. The van der Waals surface area contributed by atoms with Crippen LogP contribution in [0.15, 0.2) is 36.7 Å². The topological polar surface area (TPSA) is 33.1 Å². The van der Waals surface area contributed by atoms with Crippen LogP contribution in [0.1, 0.15) is 11.1 Å². The zero-order valence-corrected chi connectivity index (χ0v) is 12.0. The highest BCUT2D eigenvalue weighted by Gasteiger charge is 2.03. The maximum absolute atomic E-state index is 12.8. The van der Waals surface area contributed by atoms with Crippen LogP contribution in [-0.2, 0) is 13.1 Å². The van der Waals surface area contributed by atoms with E-state index >= 15 is 0 Å². The van der Waals surface area contributed by atoms with Crippen molar-refractivity contribution in [2.75, 3.05) is 27.2 Å². The maximum atomic E-state index is 12.8. The van der Waals surface area contributed by atoms with E-state index in [0.29, 0.717) is 6.54 Å².